The highest BCUT2D eigenvalue weighted by Crippen LogP contribution is 2.34. The molecule has 0 aliphatic carbocycles. The fraction of sp³-hybridized carbons (Fsp3) is 0.0870. The van der Waals surface area contributed by atoms with Gasteiger partial charge in [-0.05, 0) is 53.6 Å². The van der Waals surface area contributed by atoms with Crippen molar-refractivity contribution in [2.45, 2.75) is 6.54 Å². The lowest BCUT2D eigenvalue weighted by atomic mass is 10.0. The van der Waals surface area contributed by atoms with Crippen LogP contribution in [0.2, 0.25) is 10.0 Å². The third kappa shape index (κ3) is 4.46. The lowest BCUT2D eigenvalue weighted by Gasteiger charge is -2.27. The van der Waals surface area contributed by atoms with Crippen LogP contribution in [0.5, 0.6) is 0 Å². The maximum Gasteiger partial charge on any atom is 0.251 e. The normalized spacial score (nSPS) is 16.7. The van der Waals surface area contributed by atoms with E-state index < -0.39 is 16.8 Å². The van der Waals surface area contributed by atoms with E-state index in [1.807, 2.05) is 6.07 Å². The Bertz CT molecular complexity index is 1280. The molecule has 1 N–H and O–H groups in total. The van der Waals surface area contributed by atoms with Crippen molar-refractivity contribution < 1.29 is 13.8 Å². The summed E-state index contributed by atoms with van der Waals surface area (Å²) in [5.41, 5.74) is 2.57. The number of nitrogens with zero attached hydrogens (tertiary/aromatic N) is 2. The predicted molar refractivity (Wildman–Crippen MR) is 127 cm³/mol. The van der Waals surface area contributed by atoms with Gasteiger partial charge in [0.1, 0.15) is 4.91 Å². The van der Waals surface area contributed by atoms with Gasteiger partial charge >= 0.3 is 0 Å². The second-order valence-corrected chi connectivity index (χ2v) is 9.33. The van der Waals surface area contributed by atoms with Crippen LogP contribution in [0.15, 0.2) is 65.8 Å². The van der Waals surface area contributed by atoms with Gasteiger partial charge in [-0.3, -0.25) is 18.9 Å². The molecule has 4 rings (SSSR count). The summed E-state index contributed by atoms with van der Waals surface area (Å²) < 4.78 is 14.4. The van der Waals surface area contributed by atoms with Gasteiger partial charge in [0.15, 0.2) is 11.0 Å². The summed E-state index contributed by atoms with van der Waals surface area (Å²) in [7, 11) is -0.0798. The number of carbonyl (C=O) groups excluding carboxylic acids is 2. The first-order valence-electron chi connectivity index (χ1n) is 9.53. The van der Waals surface area contributed by atoms with E-state index in [2.05, 4.69) is 10.3 Å². The van der Waals surface area contributed by atoms with Crippen LogP contribution in [0.3, 0.4) is 0 Å². The quantitative estimate of drug-likeness (QED) is 0.545. The Morgan fingerprint density at radius 1 is 1.16 bits per heavy atom. The molecule has 1 amide bonds. The Morgan fingerprint density at radius 2 is 1.97 bits per heavy atom. The number of hydrogen-bond acceptors (Lipinski definition) is 4. The molecule has 3 aromatic rings. The number of ketones is 1. The number of amides is 1. The highest BCUT2D eigenvalue weighted by molar-refractivity contribution is 7.91. The van der Waals surface area contributed by atoms with Crippen LogP contribution < -0.4 is 9.62 Å². The van der Waals surface area contributed by atoms with Crippen LogP contribution in [-0.2, 0) is 17.5 Å². The molecule has 1 aromatic heterocycles. The number of halogens is 2. The number of nitrogens with one attached hydrogen (secondary N) is 1. The van der Waals surface area contributed by atoms with Gasteiger partial charge < -0.3 is 5.32 Å². The number of aromatic nitrogens is 1. The SMILES string of the molecule is CN1c2ccc(C(=O)NCc3cccnc3)cc2C(=O)/C(=C\c2ccc(Cl)c(Cl)c2)S1=O. The molecule has 32 heavy (non-hydrogen) atoms. The third-order valence-electron chi connectivity index (χ3n) is 4.92. The summed E-state index contributed by atoms with van der Waals surface area (Å²) in [6.45, 7) is 0.310. The van der Waals surface area contributed by atoms with E-state index in [1.165, 1.54) is 16.4 Å². The molecule has 0 radical (unpaired) electrons. The number of hydrogen-bond donors (Lipinski definition) is 1. The van der Waals surface area contributed by atoms with Crippen LogP contribution in [-0.4, -0.2) is 27.9 Å². The van der Waals surface area contributed by atoms with Crippen molar-refractivity contribution in [3.05, 3.63) is 98.1 Å². The zero-order chi connectivity index (χ0) is 22.8. The van der Waals surface area contributed by atoms with Crippen LogP contribution in [0.1, 0.15) is 31.8 Å². The predicted octanol–water partition coefficient (Wildman–Crippen LogP) is 4.66. The average molecular weight is 486 g/mol. The first-order valence-corrected chi connectivity index (χ1v) is 11.4. The topological polar surface area (TPSA) is 79.4 Å². The Labute approximate surface area is 197 Å². The summed E-state index contributed by atoms with van der Waals surface area (Å²) in [5.74, 6) is -0.738. The van der Waals surface area contributed by atoms with Gasteiger partial charge in [-0.25, -0.2) is 4.21 Å². The molecule has 1 aliphatic heterocycles. The van der Waals surface area contributed by atoms with Crippen molar-refractivity contribution in [3.63, 3.8) is 0 Å². The molecule has 1 unspecified atom stereocenters. The highest BCUT2D eigenvalue weighted by atomic mass is 35.5. The standard InChI is InChI=1S/C23H17Cl2N3O3S/c1-28-20-7-5-16(23(30)27-13-15-3-2-8-26-12-15)11-17(20)22(29)21(32(28)31)10-14-4-6-18(24)19(25)9-14/h2-12H,13H2,1H3,(H,27,30)/b21-10+. The van der Waals surface area contributed by atoms with Crippen molar-refractivity contribution in [1.82, 2.24) is 10.3 Å². The lowest BCUT2D eigenvalue weighted by molar-refractivity contribution is 0.0951. The zero-order valence-corrected chi connectivity index (χ0v) is 19.2. The van der Waals surface area contributed by atoms with E-state index in [4.69, 9.17) is 23.2 Å². The summed E-state index contributed by atoms with van der Waals surface area (Å²) >= 11 is 12.0. The number of carbonyl (C=O) groups is 2. The fourth-order valence-electron chi connectivity index (χ4n) is 3.24. The van der Waals surface area contributed by atoms with Gasteiger partial charge in [0, 0.05) is 37.1 Å². The summed E-state index contributed by atoms with van der Waals surface area (Å²) in [6.07, 6.45) is 4.85. The molecule has 2 heterocycles. The number of Topliss-reactive ketones (excluding diaryl/α,β-unsaturated/α-hetero) is 1. The molecule has 0 fully saturated rings. The average Bonchev–Trinajstić information content (AvgIpc) is 2.81. The second kappa shape index (κ2) is 9.24. The van der Waals surface area contributed by atoms with E-state index in [-0.39, 0.29) is 10.8 Å². The molecule has 0 spiro atoms. The summed E-state index contributed by atoms with van der Waals surface area (Å²) in [4.78, 5) is 29.9. The molecule has 162 valence electrons. The van der Waals surface area contributed by atoms with Gasteiger partial charge in [0.2, 0.25) is 5.78 Å². The first-order chi connectivity index (χ1) is 15.3. The zero-order valence-electron chi connectivity index (χ0n) is 16.8. The van der Waals surface area contributed by atoms with Crippen LogP contribution in [0.4, 0.5) is 5.69 Å². The Kier molecular flexibility index (Phi) is 6.41. The van der Waals surface area contributed by atoms with Gasteiger partial charge in [0.05, 0.1) is 15.7 Å². The van der Waals surface area contributed by atoms with Crippen molar-refractivity contribution in [2.75, 3.05) is 11.4 Å². The van der Waals surface area contributed by atoms with Crippen molar-refractivity contribution >= 4 is 57.6 Å². The minimum absolute atomic E-state index is 0.0892. The minimum Gasteiger partial charge on any atom is -0.348 e. The largest absolute Gasteiger partial charge is 0.348 e. The van der Waals surface area contributed by atoms with Crippen LogP contribution >= 0.6 is 23.2 Å². The second-order valence-electron chi connectivity index (χ2n) is 7.03. The number of benzene rings is 2. The third-order valence-corrected chi connectivity index (χ3v) is 7.03. The molecule has 2 aromatic carbocycles. The highest BCUT2D eigenvalue weighted by Gasteiger charge is 2.32. The molecule has 0 bridgehead atoms. The van der Waals surface area contributed by atoms with E-state index in [0.29, 0.717) is 39.0 Å². The fourth-order valence-corrected chi connectivity index (χ4v) is 4.68. The van der Waals surface area contributed by atoms with Crippen molar-refractivity contribution in [1.29, 1.82) is 0 Å². The number of rotatable bonds is 4. The first kappa shape index (κ1) is 22.2. The maximum absolute atomic E-state index is 13.2. The molecule has 1 aliphatic rings. The number of fused-ring (bicyclic) bond motifs is 1. The van der Waals surface area contributed by atoms with Crippen LogP contribution in [0.25, 0.3) is 6.08 Å². The molecule has 0 saturated heterocycles. The van der Waals surface area contributed by atoms with Gasteiger partial charge in [-0.15, -0.1) is 0 Å². The number of allylic oxidation sites excluding steroid dienone is 1. The smallest absolute Gasteiger partial charge is 0.251 e. The monoisotopic (exact) mass is 485 g/mol. The van der Waals surface area contributed by atoms with Gasteiger partial charge in [-0.2, -0.15) is 0 Å². The maximum atomic E-state index is 13.2. The summed E-state index contributed by atoms with van der Waals surface area (Å²) in [5, 5.41) is 3.53. The minimum atomic E-state index is -1.71. The molecule has 0 saturated carbocycles. The molecule has 9 heteroatoms. The molecular formula is C23H17Cl2N3O3S. The number of anilines is 1. The van der Waals surface area contributed by atoms with Crippen LogP contribution in [0, 0.1) is 0 Å². The van der Waals surface area contributed by atoms with Gasteiger partial charge in [0.25, 0.3) is 5.91 Å². The van der Waals surface area contributed by atoms with E-state index in [0.717, 1.165) is 5.56 Å². The molecular weight excluding hydrogens is 469 g/mol. The van der Waals surface area contributed by atoms with E-state index in [1.54, 1.807) is 55.8 Å². The Balaban J connectivity index is 1.64. The lowest BCUT2D eigenvalue weighted by Crippen LogP contribution is -2.32. The van der Waals surface area contributed by atoms with Crippen molar-refractivity contribution in [2.24, 2.45) is 0 Å². The molecule has 6 nitrogen and oxygen atoms in total. The Morgan fingerprint density at radius 3 is 2.69 bits per heavy atom. The van der Waals surface area contributed by atoms with E-state index >= 15 is 0 Å². The van der Waals surface area contributed by atoms with E-state index in [9.17, 15) is 13.8 Å². The molecule has 1 atom stereocenters. The Hall–Kier alpha value is -3.00. The van der Waals surface area contributed by atoms with Crippen molar-refractivity contribution in [3.8, 4) is 0 Å². The number of pyridine rings is 1. The van der Waals surface area contributed by atoms with Gasteiger partial charge in [-0.1, -0.05) is 35.3 Å². The summed E-state index contributed by atoms with van der Waals surface area (Å²) in [6, 6.07) is 13.3.